The van der Waals surface area contributed by atoms with E-state index in [-0.39, 0.29) is 10.8 Å². The summed E-state index contributed by atoms with van der Waals surface area (Å²) in [5.41, 5.74) is 2.10. The lowest BCUT2D eigenvalue weighted by Gasteiger charge is -2.10. The van der Waals surface area contributed by atoms with Gasteiger partial charge in [0.1, 0.15) is 0 Å². The molecule has 2 aromatic rings. The van der Waals surface area contributed by atoms with Gasteiger partial charge >= 0.3 is 0 Å². The van der Waals surface area contributed by atoms with Crippen molar-refractivity contribution in [3.05, 3.63) is 59.7 Å². The van der Waals surface area contributed by atoms with E-state index in [0.717, 1.165) is 17.7 Å². The molecular weight excluding hydrogens is 336 g/mol. The largest absolute Gasteiger partial charge is 0.322 e. The first-order valence-corrected chi connectivity index (χ1v) is 9.74. The number of carbonyl (C=O) groups is 1. The molecule has 0 unspecified atom stereocenters. The highest BCUT2D eigenvalue weighted by Gasteiger charge is 2.15. The van der Waals surface area contributed by atoms with Gasteiger partial charge < -0.3 is 5.32 Å². The first-order valence-electron chi connectivity index (χ1n) is 8.26. The number of rotatable bonds is 7. The summed E-state index contributed by atoms with van der Waals surface area (Å²) in [7, 11) is -3.55. The average Bonchev–Trinajstić information content (AvgIpc) is 2.56. The van der Waals surface area contributed by atoms with Gasteiger partial charge in [0.2, 0.25) is 10.0 Å². The molecule has 25 heavy (non-hydrogen) atoms. The summed E-state index contributed by atoms with van der Waals surface area (Å²) >= 11 is 0. The number of hydrogen-bond donors (Lipinski definition) is 2. The normalized spacial score (nSPS) is 11.5. The lowest BCUT2D eigenvalue weighted by Crippen LogP contribution is -2.25. The van der Waals surface area contributed by atoms with Crippen molar-refractivity contribution in [1.29, 1.82) is 0 Å². The summed E-state index contributed by atoms with van der Waals surface area (Å²) in [5.74, 6) is 0.154. The van der Waals surface area contributed by atoms with E-state index in [0.29, 0.717) is 18.0 Å². The Morgan fingerprint density at radius 2 is 1.68 bits per heavy atom. The maximum atomic E-state index is 12.3. The zero-order valence-corrected chi connectivity index (χ0v) is 15.6. The number of benzene rings is 2. The molecule has 0 radical (unpaired) electrons. The molecule has 0 heterocycles. The second-order valence-corrected chi connectivity index (χ2v) is 8.14. The Hall–Kier alpha value is -2.18. The third kappa shape index (κ3) is 5.41. The number of carbonyl (C=O) groups excluding carboxylic acids is 1. The summed E-state index contributed by atoms with van der Waals surface area (Å²) in [4.78, 5) is 12.5. The molecule has 0 aliphatic heterocycles. The van der Waals surface area contributed by atoms with Crippen LogP contribution in [0.4, 0.5) is 5.69 Å². The van der Waals surface area contributed by atoms with Crippen molar-refractivity contribution in [3.63, 3.8) is 0 Å². The molecule has 1 amide bonds. The Bertz CT molecular complexity index is 828. The molecule has 0 atom stereocenters. The summed E-state index contributed by atoms with van der Waals surface area (Å²) in [6.07, 6.45) is 0.774. The van der Waals surface area contributed by atoms with Crippen LogP contribution in [0.5, 0.6) is 0 Å². The summed E-state index contributed by atoms with van der Waals surface area (Å²) in [5, 5.41) is 2.83. The number of amides is 1. The van der Waals surface area contributed by atoms with Crippen molar-refractivity contribution in [2.45, 2.75) is 32.1 Å². The maximum absolute atomic E-state index is 12.3. The van der Waals surface area contributed by atoms with Crippen LogP contribution in [0.25, 0.3) is 0 Å². The second kappa shape index (κ2) is 8.27. The van der Waals surface area contributed by atoms with Crippen molar-refractivity contribution in [1.82, 2.24) is 4.72 Å². The Labute approximate surface area is 149 Å². The van der Waals surface area contributed by atoms with E-state index in [2.05, 4.69) is 10.0 Å². The van der Waals surface area contributed by atoms with Gasteiger partial charge in [-0.05, 0) is 55.2 Å². The number of anilines is 1. The third-order valence-electron chi connectivity index (χ3n) is 3.83. The highest BCUT2D eigenvalue weighted by atomic mass is 32.2. The zero-order chi connectivity index (χ0) is 18.4. The molecular formula is C19H24N2O3S. The minimum absolute atomic E-state index is 0.156. The number of hydrogen-bond acceptors (Lipinski definition) is 3. The van der Waals surface area contributed by atoms with Gasteiger partial charge in [-0.15, -0.1) is 0 Å². The van der Waals surface area contributed by atoms with E-state index in [1.165, 1.54) is 24.3 Å². The van der Waals surface area contributed by atoms with Gasteiger partial charge in [0.25, 0.3) is 5.91 Å². The monoisotopic (exact) mass is 360 g/mol. The van der Waals surface area contributed by atoms with E-state index in [1.807, 2.05) is 45.0 Å². The molecule has 6 heteroatoms. The molecule has 0 bridgehead atoms. The average molecular weight is 360 g/mol. The quantitative estimate of drug-likeness (QED) is 0.792. The minimum Gasteiger partial charge on any atom is -0.322 e. The third-order valence-corrected chi connectivity index (χ3v) is 5.31. The molecule has 0 saturated heterocycles. The van der Waals surface area contributed by atoms with Crippen molar-refractivity contribution < 1.29 is 13.2 Å². The summed E-state index contributed by atoms with van der Waals surface area (Å²) in [6, 6.07) is 13.4. The fraction of sp³-hybridized carbons (Fsp3) is 0.316. The molecule has 0 aromatic heterocycles. The van der Waals surface area contributed by atoms with Gasteiger partial charge in [0, 0.05) is 17.8 Å². The predicted molar refractivity (Wildman–Crippen MR) is 100 cm³/mol. The fourth-order valence-corrected chi connectivity index (χ4v) is 3.31. The maximum Gasteiger partial charge on any atom is 0.255 e. The highest BCUT2D eigenvalue weighted by Crippen LogP contribution is 2.16. The Kier molecular flexibility index (Phi) is 6.33. The van der Waals surface area contributed by atoms with Crippen molar-refractivity contribution >= 4 is 21.6 Å². The molecule has 0 aliphatic carbocycles. The smallest absolute Gasteiger partial charge is 0.255 e. The molecule has 0 aliphatic rings. The lowest BCUT2D eigenvalue weighted by atomic mass is 10.1. The molecule has 0 saturated carbocycles. The standard InChI is InChI=1S/C19H24N2O3S/c1-14(2)12-13-20-25(23,24)17-10-8-16(9-11-17)19(22)21-18-7-5-4-6-15(18)3/h4-11,14,20H,12-13H2,1-3H3,(H,21,22). The van der Waals surface area contributed by atoms with Crippen LogP contribution < -0.4 is 10.0 Å². The van der Waals surface area contributed by atoms with Crippen LogP contribution >= 0.6 is 0 Å². The highest BCUT2D eigenvalue weighted by molar-refractivity contribution is 7.89. The number of para-hydroxylation sites is 1. The zero-order valence-electron chi connectivity index (χ0n) is 14.7. The molecule has 2 aromatic carbocycles. The van der Waals surface area contributed by atoms with Crippen molar-refractivity contribution in [2.24, 2.45) is 5.92 Å². The van der Waals surface area contributed by atoms with Crippen LogP contribution in [0.2, 0.25) is 0 Å². The van der Waals surface area contributed by atoms with E-state index in [4.69, 9.17) is 0 Å². The van der Waals surface area contributed by atoms with Crippen LogP contribution in [0, 0.1) is 12.8 Å². The minimum atomic E-state index is -3.55. The first kappa shape index (κ1) is 19.1. The van der Waals surface area contributed by atoms with Gasteiger partial charge in [0.05, 0.1) is 4.90 Å². The van der Waals surface area contributed by atoms with Crippen LogP contribution in [0.1, 0.15) is 36.2 Å². The molecule has 0 spiro atoms. The molecule has 5 nitrogen and oxygen atoms in total. The summed E-state index contributed by atoms with van der Waals surface area (Å²) in [6.45, 7) is 6.38. The first-order chi connectivity index (χ1) is 11.8. The Morgan fingerprint density at radius 1 is 1.04 bits per heavy atom. The topological polar surface area (TPSA) is 75.3 Å². The number of sulfonamides is 1. The predicted octanol–water partition coefficient (Wildman–Crippen LogP) is 3.57. The van der Waals surface area contributed by atoms with Gasteiger partial charge in [-0.2, -0.15) is 0 Å². The van der Waals surface area contributed by atoms with E-state index in [9.17, 15) is 13.2 Å². The van der Waals surface area contributed by atoms with Gasteiger partial charge in [-0.1, -0.05) is 32.0 Å². The van der Waals surface area contributed by atoms with Gasteiger partial charge in [-0.3, -0.25) is 4.79 Å². The second-order valence-electron chi connectivity index (χ2n) is 6.37. The van der Waals surface area contributed by atoms with E-state index < -0.39 is 10.0 Å². The molecule has 2 rings (SSSR count). The number of aryl methyl sites for hydroxylation is 1. The van der Waals surface area contributed by atoms with Crippen LogP contribution in [0.15, 0.2) is 53.4 Å². The van der Waals surface area contributed by atoms with E-state index in [1.54, 1.807) is 0 Å². The molecule has 134 valence electrons. The van der Waals surface area contributed by atoms with Crippen molar-refractivity contribution in [2.75, 3.05) is 11.9 Å². The van der Waals surface area contributed by atoms with Crippen LogP contribution in [-0.4, -0.2) is 20.9 Å². The fourth-order valence-electron chi connectivity index (χ4n) is 2.26. The Balaban J connectivity index is 2.06. The van der Waals surface area contributed by atoms with E-state index >= 15 is 0 Å². The number of nitrogens with one attached hydrogen (secondary N) is 2. The van der Waals surface area contributed by atoms with Crippen molar-refractivity contribution in [3.8, 4) is 0 Å². The Morgan fingerprint density at radius 3 is 2.28 bits per heavy atom. The summed E-state index contributed by atoms with van der Waals surface area (Å²) < 4.78 is 27.0. The van der Waals surface area contributed by atoms with Gasteiger partial charge in [0.15, 0.2) is 0 Å². The van der Waals surface area contributed by atoms with Gasteiger partial charge in [-0.25, -0.2) is 13.1 Å². The van der Waals surface area contributed by atoms with Crippen LogP contribution in [-0.2, 0) is 10.0 Å². The lowest BCUT2D eigenvalue weighted by molar-refractivity contribution is 0.102. The van der Waals surface area contributed by atoms with Crippen LogP contribution in [0.3, 0.4) is 0 Å². The molecule has 2 N–H and O–H groups in total. The SMILES string of the molecule is Cc1ccccc1NC(=O)c1ccc(S(=O)(=O)NCCC(C)C)cc1. The molecule has 0 fully saturated rings.